The Morgan fingerprint density at radius 1 is 1.40 bits per heavy atom. The van der Waals surface area contributed by atoms with Crippen LogP contribution in [0.4, 0.5) is 0 Å². The SMILES string of the molecule is OC(O)(S)c1ccccn1. The second-order valence-corrected chi connectivity index (χ2v) is 2.47. The van der Waals surface area contributed by atoms with Crippen molar-refractivity contribution in [2.45, 2.75) is 5.12 Å². The highest BCUT2D eigenvalue weighted by Gasteiger charge is 2.20. The summed E-state index contributed by atoms with van der Waals surface area (Å²) in [6.45, 7) is 0. The van der Waals surface area contributed by atoms with E-state index in [1.807, 2.05) is 0 Å². The van der Waals surface area contributed by atoms with Gasteiger partial charge in [0.2, 0.25) is 0 Å². The van der Waals surface area contributed by atoms with Gasteiger partial charge in [0.15, 0.2) is 0 Å². The molecule has 0 aromatic carbocycles. The maximum Gasteiger partial charge on any atom is 0.255 e. The largest absolute Gasteiger partial charge is 0.353 e. The molecule has 0 saturated heterocycles. The smallest absolute Gasteiger partial charge is 0.255 e. The zero-order valence-electron chi connectivity index (χ0n) is 5.10. The Bertz CT molecular complexity index is 207. The fourth-order valence-corrected chi connectivity index (χ4v) is 0.693. The van der Waals surface area contributed by atoms with Gasteiger partial charge in [-0.05, 0) is 12.1 Å². The number of aliphatic hydroxyl groups is 2. The van der Waals surface area contributed by atoms with Gasteiger partial charge < -0.3 is 10.2 Å². The lowest BCUT2D eigenvalue weighted by Gasteiger charge is -2.12. The van der Waals surface area contributed by atoms with Gasteiger partial charge >= 0.3 is 0 Å². The molecule has 0 amide bonds. The van der Waals surface area contributed by atoms with Gasteiger partial charge in [0.1, 0.15) is 5.69 Å². The van der Waals surface area contributed by atoms with Crippen molar-refractivity contribution < 1.29 is 10.2 Å². The molecule has 0 unspecified atom stereocenters. The van der Waals surface area contributed by atoms with Crippen LogP contribution in [-0.2, 0) is 5.12 Å². The number of hydrogen-bond donors (Lipinski definition) is 3. The molecule has 4 heteroatoms. The van der Waals surface area contributed by atoms with E-state index in [2.05, 4.69) is 17.6 Å². The van der Waals surface area contributed by atoms with Gasteiger partial charge in [-0.1, -0.05) is 6.07 Å². The Hall–Kier alpha value is -0.580. The molecule has 10 heavy (non-hydrogen) atoms. The van der Waals surface area contributed by atoms with Crippen LogP contribution in [0.25, 0.3) is 0 Å². The number of rotatable bonds is 1. The van der Waals surface area contributed by atoms with E-state index in [1.165, 1.54) is 12.3 Å². The molecule has 1 aromatic heterocycles. The van der Waals surface area contributed by atoms with Crippen molar-refractivity contribution in [1.82, 2.24) is 4.98 Å². The molecule has 0 aliphatic rings. The molecule has 0 fully saturated rings. The van der Waals surface area contributed by atoms with E-state index in [0.717, 1.165) is 0 Å². The third kappa shape index (κ3) is 1.70. The third-order valence-electron chi connectivity index (χ3n) is 1.01. The van der Waals surface area contributed by atoms with Crippen LogP contribution < -0.4 is 0 Å². The summed E-state index contributed by atoms with van der Waals surface area (Å²) in [5.74, 6) is 0. The first-order valence-electron chi connectivity index (χ1n) is 2.69. The van der Waals surface area contributed by atoms with Gasteiger partial charge in [-0.25, -0.2) is 0 Å². The first kappa shape index (κ1) is 7.53. The van der Waals surface area contributed by atoms with E-state index < -0.39 is 5.12 Å². The van der Waals surface area contributed by atoms with Gasteiger partial charge in [0.25, 0.3) is 5.12 Å². The monoisotopic (exact) mass is 157 g/mol. The molecule has 0 saturated carbocycles. The van der Waals surface area contributed by atoms with Gasteiger partial charge in [-0.15, -0.1) is 12.6 Å². The minimum absolute atomic E-state index is 0.123. The molecule has 54 valence electrons. The molecular formula is C6H7NO2S. The predicted octanol–water partition coefficient (Wildman–Crippen LogP) is 0.106. The molecule has 0 radical (unpaired) electrons. The summed E-state index contributed by atoms with van der Waals surface area (Å²) in [4.78, 5) is 3.67. The zero-order valence-corrected chi connectivity index (χ0v) is 5.99. The summed E-state index contributed by atoms with van der Waals surface area (Å²) >= 11 is 3.49. The number of nitrogens with zero attached hydrogens (tertiary/aromatic N) is 1. The summed E-state index contributed by atoms with van der Waals surface area (Å²) < 4.78 is 0. The Labute approximate surface area is 63.8 Å². The maximum atomic E-state index is 8.85. The van der Waals surface area contributed by atoms with Crippen LogP contribution in [0.3, 0.4) is 0 Å². The highest BCUT2D eigenvalue weighted by Crippen LogP contribution is 2.17. The zero-order chi connectivity index (χ0) is 7.61. The average molecular weight is 157 g/mol. The Morgan fingerprint density at radius 2 is 2.10 bits per heavy atom. The summed E-state index contributed by atoms with van der Waals surface area (Å²) in [6, 6.07) is 4.82. The predicted molar refractivity (Wildman–Crippen MR) is 39.3 cm³/mol. The van der Waals surface area contributed by atoms with Gasteiger partial charge in [-0.3, -0.25) is 4.98 Å². The number of hydrogen-bond acceptors (Lipinski definition) is 4. The first-order valence-corrected chi connectivity index (χ1v) is 3.14. The lowest BCUT2D eigenvalue weighted by molar-refractivity contribution is -0.0828. The van der Waals surface area contributed by atoms with Crippen LogP contribution in [0.1, 0.15) is 5.69 Å². The topological polar surface area (TPSA) is 53.4 Å². The van der Waals surface area contributed by atoms with Crippen LogP contribution in [-0.4, -0.2) is 15.2 Å². The van der Waals surface area contributed by atoms with Crippen molar-refractivity contribution in [3.63, 3.8) is 0 Å². The third-order valence-corrected chi connectivity index (χ3v) is 1.24. The lowest BCUT2D eigenvalue weighted by Crippen LogP contribution is -2.17. The van der Waals surface area contributed by atoms with E-state index in [-0.39, 0.29) is 5.69 Å². The minimum atomic E-state index is -2.12. The van der Waals surface area contributed by atoms with E-state index in [0.29, 0.717) is 0 Å². The molecule has 3 nitrogen and oxygen atoms in total. The van der Waals surface area contributed by atoms with Crippen LogP contribution in [0.5, 0.6) is 0 Å². The summed E-state index contributed by atoms with van der Waals surface area (Å²) in [5, 5.41) is 15.6. The number of thiol groups is 1. The van der Waals surface area contributed by atoms with E-state index in [9.17, 15) is 0 Å². The van der Waals surface area contributed by atoms with Crippen LogP contribution >= 0.6 is 12.6 Å². The van der Waals surface area contributed by atoms with E-state index in [4.69, 9.17) is 10.2 Å². The van der Waals surface area contributed by atoms with Gasteiger partial charge in [0, 0.05) is 6.20 Å². The molecule has 1 heterocycles. The average Bonchev–Trinajstić information content (AvgIpc) is 1.88. The number of pyridine rings is 1. The fraction of sp³-hybridized carbons (Fsp3) is 0.167. The van der Waals surface area contributed by atoms with Crippen molar-refractivity contribution in [2.75, 3.05) is 0 Å². The Morgan fingerprint density at radius 3 is 2.40 bits per heavy atom. The van der Waals surface area contributed by atoms with Crippen LogP contribution in [0.2, 0.25) is 0 Å². The van der Waals surface area contributed by atoms with Crippen molar-refractivity contribution in [3.05, 3.63) is 30.1 Å². The maximum absolute atomic E-state index is 8.85. The Kier molecular flexibility index (Phi) is 1.94. The van der Waals surface area contributed by atoms with Crippen molar-refractivity contribution >= 4 is 12.6 Å². The standard InChI is InChI=1S/C6H7NO2S/c8-6(9,10)5-3-1-2-4-7-5/h1-4,8-10H. The van der Waals surface area contributed by atoms with Crippen molar-refractivity contribution in [3.8, 4) is 0 Å². The molecule has 2 N–H and O–H groups in total. The second kappa shape index (κ2) is 2.57. The van der Waals surface area contributed by atoms with Gasteiger partial charge in [0.05, 0.1) is 0 Å². The molecule has 0 aliphatic heterocycles. The van der Waals surface area contributed by atoms with E-state index >= 15 is 0 Å². The molecule has 0 bridgehead atoms. The quantitative estimate of drug-likeness (QED) is 0.400. The van der Waals surface area contributed by atoms with Crippen molar-refractivity contribution in [1.29, 1.82) is 0 Å². The minimum Gasteiger partial charge on any atom is -0.353 e. The van der Waals surface area contributed by atoms with E-state index in [1.54, 1.807) is 12.1 Å². The molecular weight excluding hydrogens is 150 g/mol. The molecule has 0 aliphatic carbocycles. The summed E-state index contributed by atoms with van der Waals surface area (Å²) in [6.07, 6.45) is 1.47. The van der Waals surface area contributed by atoms with Crippen LogP contribution in [0, 0.1) is 0 Å². The highest BCUT2D eigenvalue weighted by atomic mass is 32.1. The molecule has 1 rings (SSSR count). The second-order valence-electron chi connectivity index (χ2n) is 1.85. The molecule has 0 spiro atoms. The normalized spacial score (nSPS) is 11.5. The van der Waals surface area contributed by atoms with Crippen molar-refractivity contribution in [2.24, 2.45) is 0 Å². The lowest BCUT2D eigenvalue weighted by atomic mass is 10.3. The molecule has 1 aromatic rings. The first-order chi connectivity index (χ1) is 4.61. The van der Waals surface area contributed by atoms with Crippen LogP contribution in [0.15, 0.2) is 24.4 Å². The summed E-state index contributed by atoms with van der Waals surface area (Å²) in [7, 11) is 0. The number of aromatic nitrogens is 1. The Balaban J connectivity index is 2.97. The fourth-order valence-electron chi connectivity index (χ4n) is 0.561. The van der Waals surface area contributed by atoms with Gasteiger partial charge in [-0.2, -0.15) is 0 Å². The summed E-state index contributed by atoms with van der Waals surface area (Å²) in [5.41, 5.74) is 0.123. The highest BCUT2D eigenvalue weighted by molar-refractivity contribution is 7.80. The molecule has 0 atom stereocenters.